The molecule has 0 saturated carbocycles. The van der Waals surface area contributed by atoms with Crippen LogP contribution in [0.1, 0.15) is 24.0 Å². The summed E-state index contributed by atoms with van der Waals surface area (Å²) in [6.45, 7) is 3.27. The monoisotopic (exact) mass is 289 g/mol. The van der Waals surface area contributed by atoms with E-state index in [0.29, 0.717) is 13.2 Å². The average molecular weight is 290 g/mol. The fourth-order valence-corrected chi connectivity index (χ4v) is 2.43. The maximum absolute atomic E-state index is 5.94. The number of rotatable bonds is 6. The molecule has 2 aromatic rings. The molecule has 106 valence electrons. The highest BCUT2D eigenvalue weighted by Crippen LogP contribution is 2.26. The summed E-state index contributed by atoms with van der Waals surface area (Å²) in [5.74, 6) is 1.22. The Hall–Kier alpha value is -1.51. The molecule has 0 heterocycles. The molecule has 0 spiro atoms. The van der Waals surface area contributed by atoms with Crippen LogP contribution in [0.4, 0.5) is 0 Å². The second kappa shape index (κ2) is 7.32. The highest BCUT2D eigenvalue weighted by Gasteiger charge is 2.13. The molecule has 1 unspecified atom stereocenters. The number of hydrogen-bond donors (Lipinski definition) is 1. The van der Waals surface area contributed by atoms with Crippen LogP contribution in [0.15, 0.2) is 48.5 Å². The van der Waals surface area contributed by atoms with E-state index in [-0.39, 0.29) is 5.92 Å². The molecule has 2 N–H and O–H groups in total. The topological polar surface area (TPSA) is 35.2 Å². The zero-order valence-corrected chi connectivity index (χ0v) is 12.4. The summed E-state index contributed by atoms with van der Waals surface area (Å²) >= 11 is 5.93. The zero-order valence-electron chi connectivity index (χ0n) is 11.7. The molecule has 2 rings (SSSR count). The fourth-order valence-electron chi connectivity index (χ4n) is 2.31. The number of benzene rings is 2. The first-order valence-electron chi connectivity index (χ1n) is 6.90. The Balaban J connectivity index is 2.20. The Morgan fingerprint density at radius 2 is 1.80 bits per heavy atom. The first-order valence-corrected chi connectivity index (χ1v) is 7.28. The molecule has 0 saturated heterocycles. The summed E-state index contributed by atoms with van der Waals surface area (Å²) in [6.07, 6.45) is 0.869. The molecule has 0 aliphatic rings. The van der Waals surface area contributed by atoms with Crippen molar-refractivity contribution in [2.75, 3.05) is 13.2 Å². The number of halogens is 1. The maximum Gasteiger partial charge on any atom is 0.122 e. The molecule has 3 heteroatoms. The number of nitrogens with two attached hydrogens (primary N) is 1. The summed E-state index contributed by atoms with van der Waals surface area (Å²) in [5, 5.41) is 0.749. The summed E-state index contributed by atoms with van der Waals surface area (Å²) in [6, 6.07) is 16.0. The average Bonchev–Trinajstić information content (AvgIpc) is 2.48. The van der Waals surface area contributed by atoms with E-state index in [0.717, 1.165) is 17.2 Å². The number of ether oxygens (including phenoxy) is 1. The van der Waals surface area contributed by atoms with Gasteiger partial charge >= 0.3 is 0 Å². The third-order valence-electron chi connectivity index (χ3n) is 3.36. The molecule has 0 bridgehead atoms. The molecule has 20 heavy (non-hydrogen) atoms. The predicted octanol–water partition coefficient (Wildman–Crippen LogP) is 4.02. The summed E-state index contributed by atoms with van der Waals surface area (Å²) in [4.78, 5) is 0. The van der Waals surface area contributed by atoms with Gasteiger partial charge in [-0.05, 0) is 49.2 Å². The maximum atomic E-state index is 5.94. The van der Waals surface area contributed by atoms with Gasteiger partial charge in [-0.25, -0.2) is 0 Å². The first-order chi connectivity index (χ1) is 9.74. The normalized spacial score (nSPS) is 12.2. The van der Waals surface area contributed by atoms with Crippen molar-refractivity contribution in [1.29, 1.82) is 0 Å². The molecule has 1 atom stereocenters. The minimum atomic E-state index is 0.272. The summed E-state index contributed by atoms with van der Waals surface area (Å²) < 4.78 is 5.68. The highest BCUT2D eigenvalue weighted by molar-refractivity contribution is 6.30. The van der Waals surface area contributed by atoms with Crippen LogP contribution in [0.5, 0.6) is 5.75 Å². The van der Waals surface area contributed by atoms with Gasteiger partial charge < -0.3 is 10.5 Å². The minimum Gasteiger partial charge on any atom is -0.494 e. The lowest BCUT2D eigenvalue weighted by molar-refractivity contribution is 0.335. The van der Waals surface area contributed by atoms with E-state index in [4.69, 9.17) is 22.1 Å². The van der Waals surface area contributed by atoms with E-state index in [1.54, 1.807) is 0 Å². The smallest absolute Gasteiger partial charge is 0.122 e. The van der Waals surface area contributed by atoms with Crippen molar-refractivity contribution in [3.05, 3.63) is 64.7 Å². The van der Waals surface area contributed by atoms with Gasteiger partial charge in [0, 0.05) is 10.9 Å². The third-order valence-corrected chi connectivity index (χ3v) is 3.62. The minimum absolute atomic E-state index is 0.272. The van der Waals surface area contributed by atoms with Crippen molar-refractivity contribution in [3.63, 3.8) is 0 Å². The molecule has 0 aliphatic heterocycles. The van der Waals surface area contributed by atoms with E-state index in [1.807, 2.05) is 49.4 Å². The van der Waals surface area contributed by atoms with Crippen LogP contribution in [-0.2, 0) is 6.42 Å². The Labute approximate surface area is 125 Å². The van der Waals surface area contributed by atoms with Gasteiger partial charge in [0.15, 0.2) is 0 Å². The molecule has 0 aromatic heterocycles. The van der Waals surface area contributed by atoms with Crippen molar-refractivity contribution >= 4 is 11.6 Å². The molecule has 0 fully saturated rings. The largest absolute Gasteiger partial charge is 0.494 e. The Morgan fingerprint density at radius 1 is 1.10 bits per heavy atom. The molecular weight excluding hydrogens is 270 g/mol. The van der Waals surface area contributed by atoms with Gasteiger partial charge in [-0.2, -0.15) is 0 Å². The predicted molar refractivity (Wildman–Crippen MR) is 84.6 cm³/mol. The van der Waals surface area contributed by atoms with Gasteiger partial charge in [-0.3, -0.25) is 0 Å². The van der Waals surface area contributed by atoms with E-state index in [2.05, 4.69) is 6.07 Å². The molecule has 0 amide bonds. The van der Waals surface area contributed by atoms with Crippen molar-refractivity contribution in [2.45, 2.75) is 19.3 Å². The van der Waals surface area contributed by atoms with E-state index < -0.39 is 0 Å². The second-order valence-corrected chi connectivity index (χ2v) is 5.17. The van der Waals surface area contributed by atoms with Crippen LogP contribution >= 0.6 is 11.6 Å². The van der Waals surface area contributed by atoms with Gasteiger partial charge in [-0.1, -0.05) is 41.9 Å². The molecule has 2 nitrogen and oxygen atoms in total. The highest BCUT2D eigenvalue weighted by atomic mass is 35.5. The lowest BCUT2D eigenvalue weighted by Crippen LogP contribution is -2.15. The van der Waals surface area contributed by atoms with Crippen LogP contribution in [0.2, 0.25) is 5.02 Å². The Morgan fingerprint density at radius 3 is 2.45 bits per heavy atom. The zero-order chi connectivity index (χ0) is 14.4. The Kier molecular flexibility index (Phi) is 5.45. The van der Waals surface area contributed by atoms with Gasteiger partial charge in [0.25, 0.3) is 0 Å². The first kappa shape index (κ1) is 14.9. The van der Waals surface area contributed by atoms with Crippen molar-refractivity contribution in [3.8, 4) is 5.75 Å². The second-order valence-electron chi connectivity index (χ2n) is 4.73. The molecule has 0 aliphatic carbocycles. The SMILES string of the molecule is CCOc1ccccc1CC(CN)c1ccc(Cl)cc1. The third kappa shape index (κ3) is 3.75. The lowest BCUT2D eigenvalue weighted by Gasteiger charge is -2.17. The van der Waals surface area contributed by atoms with Crippen molar-refractivity contribution in [1.82, 2.24) is 0 Å². The van der Waals surface area contributed by atoms with Crippen LogP contribution in [0, 0.1) is 0 Å². The van der Waals surface area contributed by atoms with Crippen LogP contribution < -0.4 is 10.5 Å². The molecule has 0 radical (unpaired) electrons. The van der Waals surface area contributed by atoms with Crippen molar-refractivity contribution < 1.29 is 4.74 Å². The molecule has 2 aromatic carbocycles. The van der Waals surface area contributed by atoms with E-state index in [1.165, 1.54) is 11.1 Å². The van der Waals surface area contributed by atoms with Crippen LogP contribution in [-0.4, -0.2) is 13.2 Å². The summed E-state index contributed by atoms with van der Waals surface area (Å²) in [5.41, 5.74) is 8.35. The van der Waals surface area contributed by atoms with Gasteiger partial charge in [-0.15, -0.1) is 0 Å². The Bertz CT molecular complexity index is 539. The van der Waals surface area contributed by atoms with Crippen molar-refractivity contribution in [2.24, 2.45) is 5.73 Å². The number of para-hydroxylation sites is 1. The van der Waals surface area contributed by atoms with E-state index >= 15 is 0 Å². The fraction of sp³-hybridized carbons (Fsp3) is 0.294. The van der Waals surface area contributed by atoms with Gasteiger partial charge in [0.2, 0.25) is 0 Å². The van der Waals surface area contributed by atoms with Crippen LogP contribution in [0.3, 0.4) is 0 Å². The quantitative estimate of drug-likeness (QED) is 0.871. The number of hydrogen-bond acceptors (Lipinski definition) is 2. The molecular formula is C17H20ClNO. The van der Waals surface area contributed by atoms with Crippen LogP contribution in [0.25, 0.3) is 0 Å². The lowest BCUT2D eigenvalue weighted by atomic mass is 9.92. The standard InChI is InChI=1S/C17H20ClNO/c1-2-20-17-6-4-3-5-14(17)11-15(12-19)13-7-9-16(18)10-8-13/h3-10,15H,2,11-12,19H2,1H3. The summed E-state index contributed by atoms with van der Waals surface area (Å²) in [7, 11) is 0. The van der Waals surface area contributed by atoms with Gasteiger partial charge in [0.05, 0.1) is 6.61 Å². The van der Waals surface area contributed by atoms with E-state index in [9.17, 15) is 0 Å². The van der Waals surface area contributed by atoms with Gasteiger partial charge in [0.1, 0.15) is 5.75 Å².